The maximum atomic E-state index is 12.5. The molecule has 0 aliphatic carbocycles. The fourth-order valence-corrected chi connectivity index (χ4v) is 2.94. The molecular formula is C19H22N4O2. The quantitative estimate of drug-likeness (QED) is 0.795. The molecule has 1 N–H and O–H groups in total. The van der Waals surface area contributed by atoms with Crippen LogP contribution in [0.5, 0.6) is 0 Å². The summed E-state index contributed by atoms with van der Waals surface area (Å²) < 4.78 is 2.74. The molecule has 0 amide bonds. The second kappa shape index (κ2) is 6.55. The number of nitrogens with one attached hydrogen (secondary N) is 1. The van der Waals surface area contributed by atoms with Crippen LogP contribution >= 0.6 is 0 Å². The van der Waals surface area contributed by atoms with E-state index < -0.39 is 0 Å². The van der Waals surface area contributed by atoms with Crippen molar-refractivity contribution in [2.24, 2.45) is 0 Å². The highest BCUT2D eigenvalue weighted by Crippen LogP contribution is 2.14. The number of rotatable bonds is 4. The summed E-state index contributed by atoms with van der Waals surface area (Å²) in [4.78, 5) is 32.4. The van der Waals surface area contributed by atoms with Gasteiger partial charge in [-0.1, -0.05) is 29.8 Å². The predicted octanol–water partition coefficient (Wildman–Crippen LogP) is 2.71. The molecule has 2 heterocycles. The van der Waals surface area contributed by atoms with Gasteiger partial charge < -0.3 is 4.98 Å². The third-order valence-electron chi connectivity index (χ3n) is 4.37. The van der Waals surface area contributed by atoms with Crippen molar-refractivity contribution in [3.05, 3.63) is 61.6 Å². The van der Waals surface area contributed by atoms with Crippen molar-refractivity contribution in [3.8, 4) is 0 Å². The summed E-state index contributed by atoms with van der Waals surface area (Å²) in [5, 5.41) is 0. The fourth-order valence-electron chi connectivity index (χ4n) is 2.94. The number of hydrogen-bond acceptors (Lipinski definition) is 3. The van der Waals surface area contributed by atoms with Gasteiger partial charge in [-0.2, -0.15) is 0 Å². The molecule has 0 spiro atoms. The van der Waals surface area contributed by atoms with Crippen molar-refractivity contribution in [1.82, 2.24) is 19.1 Å². The Balaban J connectivity index is 2.15. The third-order valence-corrected chi connectivity index (χ3v) is 4.37. The molecule has 0 bridgehead atoms. The van der Waals surface area contributed by atoms with Gasteiger partial charge in [0.1, 0.15) is 11.3 Å². The van der Waals surface area contributed by atoms with Gasteiger partial charge in [0.05, 0.1) is 0 Å². The van der Waals surface area contributed by atoms with Crippen LogP contribution in [-0.4, -0.2) is 19.1 Å². The van der Waals surface area contributed by atoms with Crippen molar-refractivity contribution in [1.29, 1.82) is 0 Å². The van der Waals surface area contributed by atoms with Crippen LogP contribution in [0.3, 0.4) is 0 Å². The van der Waals surface area contributed by atoms with Gasteiger partial charge in [-0.05, 0) is 44.9 Å². The van der Waals surface area contributed by atoms with Crippen LogP contribution in [0.25, 0.3) is 23.3 Å². The first kappa shape index (κ1) is 17.0. The van der Waals surface area contributed by atoms with Crippen molar-refractivity contribution in [2.45, 2.75) is 40.8 Å². The Morgan fingerprint density at radius 1 is 1.08 bits per heavy atom. The molecule has 0 saturated carbocycles. The van der Waals surface area contributed by atoms with Crippen molar-refractivity contribution in [3.63, 3.8) is 0 Å². The van der Waals surface area contributed by atoms with E-state index in [9.17, 15) is 9.59 Å². The van der Waals surface area contributed by atoms with Crippen molar-refractivity contribution in [2.75, 3.05) is 0 Å². The number of aromatic nitrogens is 4. The molecule has 0 aliphatic rings. The molecule has 0 radical (unpaired) electrons. The number of benzene rings is 1. The second-order valence-corrected chi connectivity index (χ2v) is 6.09. The van der Waals surface area contributed by atoms with Crippen LogP contribution in [0.15, 0.2) is 27.8 Å². The van der Waals surface area contributed by atoms with Crippen LogP contribution in [0.1, 0.15) is 36.4 Å². The Hall–Kier alpha value is -2.89. The zero-order valence-corrected chi connectivity index (χ0v) is 15.0. The first-order valence-electron chi connectivity index (χ1n) is 8.45. The lowest BCUT2D eigenvalue weighted by atomic mass is 10.1. The summed E-state index contributed by atoms with van der Waals surface area (Å²) in [5.41, 5.74) is 3.56. The Labute approximate surface area is 145 Å². The summed E-state index contributed by atoms with van der Waals surface area (Å²) in [5.74, 6) is 0.559. The first-order chi connectivity index (χ1) is 12.0. The number of hydrogen-bond donors (Lipinski definition) is 1. The molecule has 3 rings (SSSR count). The highest BCUT2D eigenvalue weighted by Gasteiger charge is 2.14. The zero-order valence-electron chi connectivity index (χ0n) is 15.0. The van der Waals surface area contributed by atoms with Crippen molar-refractivity contribution < 1.29 is 0 Å². The number of nitrogens with zero attached hydrogens (tertiary/aromatic N) is 3. The summed E-state index contributed by atoms with van der Waals surface area (Å²) in [6.07, 6.45) is 3.80. The third kappa shape index (κ3) is 2.95. The molecule has 6 heteroatoms. The molecule has 2 aromatic heterocycles. The van der Waals surface area contributed by atoms with Gasteiger partial charge in [-0.25, -0.2) is 9.78 Å². The second-order valence-electron chi connectivity index (χ2n) is 6.09. The molecule has 0 unspecified atom stereocenters. The lowest BCUT2D eigenvalue weighted by molar-refractivity contribution is 0.605. The summed E-state index contributed by atoms with van der Waals surface area (Å²) in [6.45, 7) is 8.54. The monoisotopic (exact) mass is 338 g/mol. The number of imidazole rings is 1. The van der Waals surface area contributed by atoms with Gasteiger partial charge in [0.2, 0.25) is 0 Å². The summed E-state index contributed by atoms with van der Waals surface area (Å²) >= 11 is 0. The lowest BCUT2D eigenvalue weighted by Gasteiger charge is -2.06. The van der Waals surface area contributed by atoms with E-state index >= 15 is 0 Å². The standard InChI is InChI=1S/C19H22N4O2/c1-5-22-17-16(18(24)23(6-2)19(22)25)20-15(21-17)10-9-14-11-12(3)7-8-13(14)4/h7-11H,5-6H2,1-4H3,(H,20,21). The molecule has 0 atom stereocenters. The van der Waals surface area contributed by atoms with E-state index in [4.69, 9.17) is 0 Å². The molecule has 3 aromatic rings. The largest absolute Gasteiger partial charge is 0.333 e. The molecular weight excluding hydrogens is 316 g/mol. The highest BCUT2D eigenvalue weighted by atomic mass is 16.2. The zero-order chi connectivity index (χ0) is 18.1. The van der Waals surface area contributed by atoms with Crippen LogP contribution in [0, 0.1) is 13.8 Å². The molecule has 130 valence electrons. The van der Waals surface area contributed by atoms with E-state index in [-0.39, 0.29) is 11.2 Å². The van der Waals surface area contributed by atoms with Crippen LogP contribution in [0.2, 0.25) is 0 Å². The van der Waals surface area contributed by atoms with E-state index in [1.807, 2.05) is 32.9 Å². The van der Waals surface area contributed by atoms with Crippen molar-refractivity contribution >= 4 is 23.3 Å². The minimum atomic E-state index is -0.328. The number of H-pyrrole nitrogens is 1. The van der Waals surface area contributed by atoms with E-state index in [0.717, 1.165) is 11.1 Å². The number of fused-ring (bicyclic) bond motifs is 1. The average molecular weight is 338 g/mol. The van der Waals surface area contributed by atoms with Crippen LogP contribution in [-0.2, 0) is 13.1 Å². The fraction of sp³-hybridized carbons (Fsp3) is 0.316. The molecule has 0 saturated heterocycles. The van der Waals surface area contributed by atoms with Crippen LogP contribution < -0.4 is 11.2 Å². The topological polar surface area (TPSA) is 72.7 Å². The van der Waals surface area contributed by atoms with Crippen LogP contribution in [0.4, 0.5) is 0 Å². The van der Waals surface area contributed by atoms with Gasteiger partial charge in [-0.3, -0.25) is 13.9 Å². The average Bonchev–Trinajstić information content (AvgIpc) is 3.01. The molecule has 6 nitrogen and oxygen atoms in total. The number of aromatic amines is 1. The van der Waals surface area contributed by atoms with E-state index in [2.05, 4.69) is 28.2 Å². The smallest absolute Gasteiger partial charge is 0.332 e. The maximum Gasteiger partial charge on any atom is 0.332 e. The maximum absolute atomic E-state index is 12.5. The number of aryl methyl sites for hydroxylation is 3. The highest BCUT2D eigenvalue weighted by molar-refractivity contribution is 5.76. The Morgan fingerprint density at radius 2 is 1.80 bits per heavy atom. The summed E-state index contributed by atoms with van der Waals surface area (Å²) in [6, 6.07) is 6.24. The lowest BCUT2D eigenvalue weighted by Crippen LogP contribution is -2.39. The summed E-state index contributed by atoms with van der Waals surface area (Å²) in [7, 11) is 0. The van der Waals surface area contributed by atoms with Gasteiger partial charge in [0, 0.05) is 13.1 Å². The normalized spacial score (nSPS) is 11.7. The molecule has 0 fully saturated rings. The van der Waals surface area contributed by atoms with Gasteiger partial charge >= 0.3 is 5.69 Å². The minimum absolute atomic E-state index is 0.320. The Kier molecular flexibility index (Phi) is 4.44. The van der Waals surface area contributed by atoms with Gasteiger partial charge in [0.15, 0.2) is 5.65 Å². The van der Waals surface area contributed by atoms with Gasteiger partial charge in [0.25, 0.3) is 5.56 Å². The first-order valence-corrected chi connectivity index (χ1v) is 8.45. The van der Waals surface area contributed by atoms with Gasteiger partial charge in [-0.15, -0.1) is 0 Å². The molecule has 1 aromatic carbocycles. The molecule has 25 heavy (non-hydrogen) atoms. The van der Waals surface area contributed by atoms with E-state index in [1.165, 1.54) is 14.7 Å². The minimum Gasteiger partial charge on any atom is -0.333 e. The SMILES string of the molecule is CCn1c(=O)c2[nH]c(C=Cc3cc(C)ccc3C)nc2n(CC)c1=O. The van der Waals surface area contributed by atoms with E-state index in [0.29, 0.717) is 30.1 Å². The van der Waals surface area contributed by atoms with E-state index in [1.54, 1.807) is 6.92 Å². The molecule has 0 aliphatic heterocycles. The predicted molar refractivity (Wildman–Crippen MR) is 101 cm³/mol. The Morgan fingerprint density at radius 3 is 2.48 bits per heavy atom. The Bertz CT molecular complexity index is 1080.